The van der Waals surface area contributed by atoms with Crippen LogP contribution in [0.25, 0.3) is 0 Å². The molecular formula is C5H7N3O. The fourth-order valence-corrected chi connectivity index (χ4v) is 0.518. The second-order valence-corrected chi connectivity index (χ2v) is 1.67. The van der Waals surface area contributed by atoms with Gasteiger partial charge in [0.05, 0.1) is 6.20 Å². The number of anilines is 2. The van der Waals surface area contributed by atoms with E-state index in [2.05, 4.69) is 0 Å². The summed E-state index contributed by atoms with van der Waals surface area (Å²) in [5.74, 6) is 0.0532. The summed E-state index contributed by atoms with van der Waals surface area (Å²) in [7, 11) is 0. The molecule has 0 aromatic carbocycles. The molecule has 0 aliphatic heterocycles. The molecule has 4 N–H and O–H groups in total. The van der Waals surface area contributed by atoms with Crippen LogP contribution in [0.15, 0.2) is 18.3 Å². The molecule has 1 aromatic rings. The van der Waals surface area contributed by atoms with Crippen molar-refractivity contribution in [2.24, 2.45) is 0 Å². The van der Waals surface area contributed by atoms with Crippen LogP contribution in [0, 0.1) is 5.21 Å². The van der Waals surface area contributed by atoms with Gasteiger partial charge in [-0.15, -0.1) is 0 Å². The first kappa shape index (κ1) is 5.68. The molecule has 48 valence electrons. The Morgan fingerprint density at radius 3 is 2.56 bits per heavy atom. The van der Waals surface area contributed by atoms with Crippen LogP contribution in [0.5, 0.6) is 0 Å². The summed E-state index contributed by atoms with van der Waals surface area (Å²) in [6, 6.07) is 3.11. The van der Waals surface area contributed by atoms with Crippen LogP contribution in [0.3, 0.4) is 0 Å². The van der Waals surface area contributed by atoms with Crippen molar-refractivity contribution in [2.75, 3.05) is 11.5 Å². The normalized spacial score (nSPS) is 9.33. The minimum Gasteiger partial charge on any atom is -0.711 e. The minimum atomic E-state index is 0.0532. The van der Waals surface area contributed by atoms with E-state index in [4.69, 9.17) is 11.5 Å². The number of nitrogen functional groups attached to an aromatic ring is 2. The molecule has 0 atom stereocenters. The monoisotopic (exact) mass is 125 g/mol. The van der Waals surface area contributed by atoms with Crippen molar-refractivity contribution >= 4 is 11.5 Å². The predicted molar refractivity (Wildman–Crippen MR) is 34.2 cm³/mol. The van der Waals surface area contributed by atoms with Gasteiger partial charge in [-0.25, -0.2) is 4.73 Å². The molecule has 0 aliphatic rings. The quantitative estimate of drug-likeness (QED) is 0.362. The van der Waals surface area contributed by atoms with E-state index in [0.717, 1.165) is 0 Å². The zero-order chi connectivity index (χ0) is 6.85. The minimum absolute atomic E-state index is 0.0532. The molecule has 4 nitrogen and oxygen atoms in total. The van der Waals surface area contributed by atoms with E-state index in [9.17, 15) is 5.21 Å². The largest absolute Gasteiger partial charge is 0.711 e. The maximum absolute atomic E-state index is 10.6. The Morgan fingerprint density at radius 1 is 1.44 bits per heavy atom. The van der Waals surface area contributed by atoms with Crippen LogP contribution in [0.1, 0.15) is 0 Å². The average Bonchev–Trinajstić information content (AvgIpc) is 1.83. The lowest BCUT2D eigenvalue weighted by atomic mass is 10.4. The maximum Gasteiger partial charge on any atom is 0.298 e. The first-order valence-electron chi connectivity index (χ1n) is 2.45. The molecular weight excluding hydrogens is 118 g/mol. The van der Waals surface area contributed by atoms with E-state index in [-0.39, 0.29) is 5.82 Å². The van der Waals surface area contributed by atoms with Gasteiger partial charge in [-0.1, -0.05) is 0 Å². The second-order valence-electron chi connectivity index (χ2n) is 1.67. The van der Waals surface area contributed by atoms with Crippen LogP contribution < -0.4 is 16.2 Å². The SMILES string of the molecule is Nc1ccc[n+]([O-])c1N. The van der Waals surface area contributed by atoms with Crippen LogP contribution in [0.2, 0.25) is 0 Å². The topological polar surface area (TPSA) is 79.0 Å². The Hall–Kier alpha value is -1.45. The van der Waals surface area contributed by atoms with Gasteiger partial charge in [-0.2, -0.15) is 0 Å². The molecule has 0 fully saturated rings. The standard InChI is InChI=1S/C5H7N3O/c6-4-2-1-3-8(9)5(4)7/h1-3H,6-7H2. The number of nitrogens with two attached hydrogens (primary N) is 2. The van der Waals surface area contributed by atoms with E-state index in [1.165, 1.54) is 6.20 Å². The van der Waals surface area contributed by atoms with Gasteiger partial charge in [-0.3, -0.25) is 5.73 Å². The molecule has 0 aliphatic carbocycles. The van der Waals surface area contributed by atoms with Gasteiger partial charge in [0.2, 0.25) is 0 Å². The third-order valence-electron chi connectivity index (χ3n) is 1.03. The fourth-order valence-electron chi connectivity index (χ4n) is 0.518. The number of hydrogen-bond acceptors (Lipinski definition) is 3. The number of pyridine rings is 1. The third kappa shape index (κ3) is 0.861. The first-order valence-corrected chi connectivity index (χ1v) is 2.45. The van der Waals surface area contributed by atoms with Gasteiger partial charge < -0.3 is 10.9 Å². The molecule has 0 radical (unpaired) electrons. The molecule has 4 heteroatoms. The number of aromatic nitrogens is 1. The molecule has 0 saturated carbocycles. The average molecular weight is 125 g/mol. The summed E-state index contributed by atoms with van der Waals surface area (Å²) < 4.78 is 0.523. The molecule has 1 heterocycles. The highest BCUT2D eigenvalue weighted by Gasteiger charge is 1.98. The van der Waals surface area contributed by atoms with Crippen LogP contribution in [0.4, 0.5) is 11.5 Å². The molecule has 1 aromatic heterocycles. The summed E-state index contributed by atoms with van der Waals surface area (Å²) in [6.45, 7) is 0. The highest BCUT2D eigenvalue weighted by molar-refractivity contribution is 5.53. The van der Waals surface area contributed by atoms with E-state index in [0.29, 0.717) is 10.4 Å². The Labute approximate surface area is 52.3 Å². The van der Waals surface area contributed by atoms with E-state index in [1.54, 1.807) is 12.1 Å². The van der Waals surface area contributed by atoms with E-state index >= 15 is 0 Å². The first-order chi connectivity index (χ1) is 4.22. The fraction of sp³-hybridized carbons (Fsp3) is 0. The zero-order valence-corrected chi connectivity index (χ0v) is 4.74. The summed E-state index contributed by atoms with van der Waals surface area (Å²) >= 11 is 0. The Balaban J connectivity index is 3.25. The van der Waals surface area contributed by atoms with Crippen molar-refractivity contribution in [2.45, 2.75) is 0 Å². The maximum atomic E-state index is 10.6. The lowest BCUT2D eigenvalue weighted by molar-refractivity contribution is -0.589. The smallest absolute Gasteiger partial charge is 0.298 e. The molecule has 0 unspecified atom stereocenters. The van der Waals surface area contributed by atoms with Gasteiger partial charge in [0.15, 0.2) is 0 Å². The number of hydrogen-bond donors (Lipinski definition) is 2. The molecule has 0 bridgehead atoms. The zero-order valence-electron chi connectivity index (χ0n) is 4.74. The summed E-state index contributed by atoms with van der Waals surface area (Å²) in [5.41, 5.74) is 10.8. The number of nitrogens with zero attached hydrogens (tertiary/aromatic N) is 1. The van der Waals surface area contributed by atoms with E-state index < -0.39 is 0 Å². The third-order valence-corrected chi connectivity index (χ3v) is 1.03. The number of rotatable bonds is 0. The van der Waals surface area contributed by atoms with Crippen LogP contribution in [-0.4, -0.2) is 0 Å². The highest BCUT2D eigenvalue weighted by atomic mass is 16.5. The molecule has 1 rings (SSSR count). The lowest BCUT2D eigenvalue weighted by Gasteiger charge is -2.03. The van der Waals surface area contributed by atoms with Crippen molar-refractivity contribution < 1.29 is 4.73 Å². The Kier molecular flexibility index (Phi) is 1.14. The van der Waals surface area contributed by atoms with Crippen molar-refractivity contribution in [1.82, 2.24) is 0 Å². The van der Waals surface area contributed by atoms with E-state index in [1.807, 2.05) is 0 Å². The van der Waals surface area contributed by atoms with Gasteiger partial charge in [0.1, 0.15) is 5.69 Å². The van der Waals surface area contributed by atoms with Crippen molar-refractivity contribution in [3.8, 4) is 0 Å². The van der Waals surface area contributed by atoms with Gasteiger partial charge in [0, 0.05) is 0 Å². The molecule has 0 spiro atoms. The summed E-state index contributed by atoms with van der Waals surface area (Å²) in [5, 5.41) is 10.6. The lowest BCUT2D eigenvalue weighted by Crippen LogP contribution is -2.30. The molecule has 9 heavy (non-hydrogen) atoms. The second kappa shape index (κ2) is 1.81. The van der Waals surface area contributed by atoms with Crippen molar-refractivity contribution in [3.05, 3.63) is 23.5 Å². The van der Waals surface area contributed by atoms with Crippen molar-refractivity contribution in [1.29, 1.82) is 0 Å². The Morgan fingerprint density at radius 2 is 2.11 bits per heavy atom. The van der Waals surface area contributed by atoms with Gasteiger partial charge in [-0.05, 0) is 12.1 Å². The van der Waals surface area contributed by atoms with Crippen LogP contribution >= 0.6 is 0 Å². The van der Waals surface area contributed by atoms with Gasteiger partial charge >= 0.3 is 0 Å². The van der Waals surface area contributed by atoms with Crippen LogP contribution in [-0.2, 0) is 0 Å². The predicted octanol–water partition coefficient (Wildman–Crippen LogP) is -0.516. The molecule has 0 amide bonds. The summed E-state index contributed by atoms with van der Waals surface area (Å²) in [6.07, 6.45) is 1.30. The Bertz CT molecular complexity index is 203. The van der Waals surface area contributed by atoms with Gasteiger partial charge in [0.25, 0.3) is 5.82 Å². The molecule has 0 saturated heterocycles. The van der Waals surface area contributed by atoms with Crippen molar-refractivity contribution in [3.63, 3.8) is 0 Å². The highest BCUT2D eigenvalue weighted by Crippen LogP contribution is 2.04. The summed E-state index contributed by atoms with van der Waals surface area (Å²) in [4.78, 5) is 0.